The molecule has 1 atom stereocenters. The van der Waals surface area contributed by atoms with Gasteiger partial charge >= 0.3 is 0 Å². The van der Waals surface area contributed by atoms with Gasteiger partial charge in [0.05, 0.1) is 18.1 Å². The van der Waals surface area contributed by atoms with Crippen LogP contribution in [-0.4, -0.2) is 42.1 Å². The van der Waals surface area contributed by atoms with Crippen molar-refractivity contribution in [3.05, 3.63) is 52.4 Å². The number of pyridine rings is 1. The number of ether oxygens (including phenoxy) is 2. The summed E-state index contributed by atoms with van der Waals surface area (Å²) < 4.78 is 25.2. The van der Waals surface area contributed by atoms with Crippen LogP contribution in [0.4, 0.5) is 4.39 Å². The largest absolute Gasteiger partial charge is 0.494 e. The molecule has 1 aromatic carbocycles. The summed E-state index contributed by atoms with van der Waals surface area (Å²) in [7, 11) is 1.39. The minimum Gasteiger partial charge on any atom is -0.494 e. The van der Waals surface area contributed by atoms with Gasteiger partial charge in [0.2, 0.25) is 5.88 Å². The van der Waals surface area contributed by atoms with E-state index in [4.69, 9.17) is 9.47 Å². The van der Waals surface area contributed by atoms with Gasteiger partial charge in [-0.25, -0.2) is 9.37 Å². The number of methoxy groups -OCH3 is 1. The molecule has 24 heavy (non-hydrogen) atoms. The van der Waals surface area contributed by atoms with Crippen LogP contribution < -0.4 is 9.47 Å². The lowest BCUT2D eigenvalue weighted by Gasteiger charge is -2.17. The molecular weight excluding hydrogens is 379 g/mol. The lowest BCUT2D eigenvalue weighted by molar-refractivity contribution is 0.0770. The number of carbonyl (C=O) groups is 1. The lowest BCUT2D eigenvalue weighted by atomic mass is 10.2. The molecule has 0 unspecified atom stereocenters. The van der Waals surface area contributed by atoms with Crippen molar-refractivity contribution in [2.24, 2.45) is 0 Å². The van der Waals surface area contributed by atoms with Crippen LogP contribution >= 0.6 is 15.9 Å². The zero-order chi connectivity index (χ0) is 17.1. The fraction of sp³-hybridized carbons (Fsp3) is 0.294. The number of aromatic nitrogens is 1. The normalized spacial score (nSPS) is 17.0. The molecule has 2 heterocycles. The van der Waals surface area contributed by atoms with Gasteiger partial charge in [0, 0.05) is 24.7 Å². The number of rotatable bonds is 4. The Balaban J connectivity index is 1.66. The monoisotopic (exact) mass is 394 g/mol. The fourth-order valence-electron chi connectivity index (χ4n) is 2.61. The quantitative estimate of drug-likeness (QED) is 0.798. The standard InChI is InChI=1S/C17H16BrFN2O3/c1-23-15-5-4-11(9-14(15)19)17(22)21-8-6-12(10-21)24-16-13(18)3-2-7-20-16/h2-5,7,9,12H,6,8,10H2,1H3/t12-/m1/s1. The molecule has 0 saturated carbocycles. The Morgan fingerprint density at radius 3 is 2.96 bits per heavy atom. The molecule has 126 valence electrons. The van der Waals surface area contributed by atoms with Crippen LogP contribution in [0, 0.1) is 5.82 Å². The van der Waals surface area contributed by atoms with Crippen LogP contribution in [-0.2, 0) is 0 Å². The third kappa shape index (κ3) is 3.51. The summed E-state index contributed by atoms with van der Waals surface area (Å²) in [5.41, 5.74) is 0.299. The molecule has 3 rings (SSSR count). The van der Waals surface area contributed by atoms with E-state index in [-0.39, 0.29) is 17.8 Å². The average molecular weight is 395 g/mol. The minimum atomic E-state index is -0.548. The first kappa shape index (κ1) is 16.7. The number of hydrogen-bond donors (Lipinski definition) is 0. The molecule has 1 saturated heterocycles. The van der Waals surface area contributed by atoms with Gasteiger partial charge in [0.15, 0.2) is 11.6 Å². The number of nitrogens with zero attached hydrogens (tertiary/aromatic N) is 2. The Hall–Kier alpha value is -2.15. The molecule has 2 aromatic rings. The van der Waals surface area contributed by atoms with Gasteiger partial charge in [0.25, 0.3) is 5.91 Å². The second-order valence-electron chi connectivity index (χ2n) is 5.42. The molecular formula is C17H16BrFN2O3. The summed E-state index contributed by atoms with van der Waals surface area (Å²) in [5, 5.41) is 0. The van der Waals surface area contributed by atoms with Gasteiger partial charge in [-0.15, -0.1) is 0 Å². The lowest BCUT2D eigenvalue weighted by Crippen LogP contribution is -2.31. The van der Waals surface area contributed by atoms with E-state index in [1.807, 2.05) is 6.07 Å². The maximum absolute atomic E-state index is 13.8. The van der Waals surface area contributed by atoms with Crippen molar-refractivity contribution in [1.29, 1.82) is 0 Å². The molecule has 0 bridgehead atoms. The van der Waals surface area contributed by atoms with E-state index in [0.717, 1.165) is 4.47 Å². The van der Waals surface area contributed by atoms with Crippen molar-refractivity contribution in [3.63, 3.8) is 0 Å². The average Bonchev–Trinajstić information content (AvgIpc) is 3.05. The molecule has 0 radical (unpaired) electrons. The van der Waals surface area contributed by atoms with Gasteiger partial charge in [-0.2, -0.15) is 0 Å². The number of halogens is 2. The fourth-order valence-corrected chi connectivity index (χ4v) is 2.96. The minimum absolute atomic E-state index is 0.120. The van der Waals surface area contributed by atoms with E-state index < -0.39 is 5.82 Å². The van der Waals surface area contributed by atoms with E-state index in [9.17, 15) is 9.18 Å². The first-order valence-corrected chi connectivity index (χ1v) is 8.28. The highest BCUT2D eigenvalue weighted by atomic mass is 79.9. The van der Waals surface area contributed by atoms with Gasteiger partial charge in [-0.05, 0) is 46.3 Å². The number of likely N-dealkylation sites (tertiary alicyclic amines) is 1. The highest BCUT2D eigenvalue weighted by molar-refractivity contribution is 9.10. The maximum Gasteiger partial charge on any atom is 0.254 e. The van der Waals surface area contributed by atoms with Crippen molar-refractivity contribution in [1.82, 2.24) is 9.88 Å². The first-order chi connectivity index (χ1) is 11.6. The molecule has 7 heteroatoms. The Bertz CT molecular complexity index is 756. The van der Waals surface area contributed by atoms with Crippen molar-refractivity contribution >= 4 is 21.8 Å². The highest BCUT2D eigenvalue weighted by Crippen LogP contribution is 2.25. The number of benzene rings is 1. The van der Waals surface area contributed by atoms with Crippen LogP contribution in [0.1, 0.15) is 16.8 Å². The molecule has 0 N–H and O–H groups in total. The summed E-state index contributed by atoms with van der Waals surface area (Å²) >= 11 is 3.38. The van der Waals surface area contributed by atoms with E-state index >= 15 is 0 Å². The SMILES string of the molecule is COc1ccc(C(=O)N2CC[C@@H](Oc3ncccc3Br)C2)cc1F. The Labute approximate surface area is 147 Å². The topological polar surface area (TPSA) is 51.7 Å². The first-order valence-electron chi connectivity index (χ1n) is 7.48. The molecule has 1 amide bonds. The van der Waals surface area contributed by atoms with Crippen LogP contribution in [0.5, 0.6) is 11.6 Å². The molecule has 0 aliphatic carbocycles. The molecule has 1 aromatic heterocycles. The number of amides is 1. The zero-order valence-corrected chi connectivity index (χ0v) is 14.6. The van der Waals surface area contributed by atoms with Crippen LogP contribution in [0.25, 0.3) is 0 Å². The summed E-state index contributed by atoms with van der Waals surface area (Å²) in [6.45, 7) is 0.997. The molecule has 0 spiro atoms. The zero-order valence-electron chi connectivity index (χ0n) is 13.0. The Kier molecular flexibility index (Phi) is 4.99. The molecule has 1 aliphatic rings. The van der Waals surface area contributed by atoms with E-state index in [1.165, 1.54) is 19.2 Å². The van der Waals surface area contributed by atoms with E-state index in [0.29, 0.717) is 31.0 Å². The Morgan fingerprint density at radius 1 is 1.42 bits per heavy atom. The maximum atomic E-state index is 13.8. The van der Waals surface area contributed by atoms with Crippen LogP contribution in [0.15, 0.2) is 41.0 Å². The smallest absolute Gasteiger partial charge is 0.254 e. The van der Waals surface area contributed by atoms with E-state index in [1.54, 1.807) is 23.2 Å². The molecule has 1 fully saturated rings. The van der Waals surface area contributed by atoms with Crippen LogP contribution in [0.2, 0.25) is 0 Å². The predicted molar refractivity (Wildman–Crippen MR) is 89.8 cm³/mol. The van der Waals surface area contributed by atoms with Crippen LogP contribution in [0.3, 0.4) is 0 Å². The third-order valence-corrected chi connectivity index (χ3v) is 4.44. The Morgan fingerprint density at radius 2 is 2.25 bits per heavy atom. The third-order valence-electron chi connectivity index (χ3n) is 3.83. The van der Waals surface area contributed by atoms with E-state index in [2.05, 4.69) is 20.9 Å². The summed E-state index contributed by atoms with van der Waals surface area (Å²) in [6, 6.07) is 7.87. The van der Waals surface area contributed by atoms with Gasteiger partial charge < -0.3 is 14.4 Å². The number of carbonyl (C=O) groups excluding carboxylic acids is 1. The second kappa shape index (κ2) is 7.17. The summed E-state index contributed by atoms with van der Waals surface area (Å²) in [6.07, 6.45) is 2.22. The van der Waals surface area contributed by atoms with Gasteiger partial charge in [-0.1, -0.05) is 0 Å². The molecule has 5 nitrogen and oxygen atoms in total. The summed E-state index contributed by atoms with van der Waals surface area (Å²) in [4.78, 5) is 18.3. The van der Waals surface area contributed by atoms with Crippen molar-refractivity contribution in [2.45, 2.75) is 12.5 Å². The van der Waals surface area contributed by atoms with Crippen molar-refractivity contribution < 1.29 is 18.7 Å². The van der Waals surface area contributed by atoms with Gasteiger partial charge in [-0.3, -0.25) is 4.79 Å². The van der Waals surface area contributed by atoms with Crippen molar-refractivity contribution in [3.8, 4) is 11.6 Å². The summed E-state index contributed by atoms with van der Waals surface area (Å²) in [5.74, 6) is -0.142. The highest BCUT2D eigenvalue weighted by Gasteiger charge is 2.29. The van der Waals surface area contributed by atoms with Gasteiger partial charge in [0.1, 0.15) is 6.10 Å². The van der Waals surface area contributed by atoms with Crippen molar-refractivity contribution in [2.75, 3.05) is 20.2 Å². The number of hydrogen-bond acceptors (Lipinski definition) is 4. The molecule has 1 aliphatic heterocycles. The second-order valence-corrected chi connectivity index (χ2v) is 6.27. The predicted octanol–water partition coefficient (Wildman–Crippen LogP) is 3.29.